The molecule has 0 bridgehead atoms. The first-order valence-electron chi connectivity index (χ1n) is 6.04. The van der Waals surface area contributed by atoms with Crippen molar-refractivity contribution in [3.05, 3.63) is 12.4 Å². The van der Waals surface area contributed by atoms with Crippen molar-refractivity contribution in [2.45, 2.75) is 13.5 Å². The SMILES string of the molecule is CCn1ccnc1NCC(=O)N1CCNCC1. The fraction of sp³-hybridized carbons (Fsp3) is 0.636. The lowest BCUT2D eigenvalue weighted by atomic mass is 10.3. The van der Waals surface area contributed by atoms with Gasteiger partial charge in [-0.2, -0.15) is 0 Å². The molecule has 1 saturated heterocycles. The summed E-state index contributed by atoms with van der Waals surface area (Å²) >= 11 is 0. The maximum absolute atomic E-state index is 11.9. The summed E-state index contributed by atoms with van der Waals surface area (Å²) in [5.41, 5.74) is 0. The van der Waals surface area contributed by atoms with Crippen molar-refractivity contribution >= 4 is 11.9 Å². The molecule has 1 aliphatic heterocycles. The Labute approximate surface area is 101 Å². The molecule has 94 valence electrons. The van der Waals surface area contributed by atoms with E-state index < -0.39 is 0 Å². The molecule has 2 rings (SSSR count). The Balaban J connectivity index is 1.83. The number of aryl methyl sites for hydroxylation is 1. The maximum atomic E-state index is 11.9. The van der Waals surface area contributed by atoms with Crippen LogP contribution in [0.15, 0.2) is 12.4 Å². The molecule has 6 heteroatoms. The van der Waals surface area contributed by atoms with Crippen LogP contribution >= 0.6 is 0 Å². The summed E-state index contributed by atoms with van der Waals surface area (Å²) < 4.78 is 1.98. The van der Waals surface area contributed by atoms with Gasteiger partial charge in [0.05, 0.1) is 6.54 Å². The van der Waals surface area contributed by atoms with Crippen LogP contribution in [0.2, 0.25) is 0 Å². The molecule has 1 aliphatic rings. The van der Waals surface area contributed by atoms with Crippen molar-refractivity contribution in [1.82, 2.24) is 19.8 Å². The third kappa shape index (κ3) is 2.97. The number of carbonyl (C=O) groups is 1. The van der Waals surface area contributed by atoms with E-state index in [0.717, 1.165) is 38.7 Å². The summed E-state index contributed by atoms with van der Waals surface area (Å²) in [7, 11) is 0. The van der Waals surface area contributed by atoms with Gasteiger partial charge in [0.1, 0.15) is 0 Å². The molecule has 1 aromatic rings. The molecule has 0 unspecified atom stereocenters. The molecule has 17 heavy (non-hydrogen) atoms. The highest BCUT2D eigenvalue weighted by Gasteiger charge is 2.16. The minimum Gasteiger partial charge on any atom is -0.347 e. The van der Waals surface area contributed by atoms with E-state index in [-0.39, 0.29) is 5.91 Å². The van der Waals surface area contributed by atoms with E-state index in [1.165, 1.54) is 0 Å². The number of rotatable bonds is 4. The number of piperazine rings is 1. The van der Waals surface area contributed by atoms with Gasteiger partial charge in [0, 0.05) is 45.1 Å². The highest BCUT2D eigenvalue weighted by Crippen LogP contribution is 2.03. The number of hydrogen-bond acceptors (Lipinski definition) is 4. The predicted molar refractivity (Wildman–Crippen MR) is 65.8 cm³/mol. The fourth-order valence-corrected chi connectivity index (χ4v) is 1.91. The number of imidazole rings is 1. The molecule has 0 atom stereocenters. The number of carbonyl (C=O) groups excluding carboxylic acids is 1. The molecule has 1 amide bonds. The molecule has 0 aliphatic carbocycles. The summed E-state index contributed by atoms with van der Waals surface area (Å²) in [5, 5.41) is 6.31. The van der Waals surface area contributed by atoms with Crippen molar-refractivity contribution < 1.29 is 4.79 Å². The van der Waals surface area contributed by atoms with Crippen LogP contribution in [-0.4, -0.2) is 53.1 Å². The van der Waals surface area contributed by atoms with E-state index in [0.29, 0.717) is 6.54 Å². The van der Waals surface area contributed by atoms with Crippen molar-refractivity contribution in [2.24, 2.45) is 0 Å². The first kappa shape index (κ1) is 11.9. The van der Waals surface area contributed by atoms with E-state index in [1.54, 1.807) is 6.20 Å². The zero-order valence-corrected chi connectivity index (χ0v) is 10.1. The first-order chi connectivity index (χ1) is 8.31. The van der Waals surface area contributed by atoms with Gasteiger partial charge in [-0.25, -0.2) is 4.98 Å². The molecule has 0 aromatic carbocycles. The zero-order chi connectivity index (χ0) is 12.1. The minimum absolute atomic E-state index is 0.136. The Morgan fingerprint density at radius 3 is 3.00 bits per heavy atom. The van der Waals surface area contributed by atoms with Crippen LogP contribution in [0, 0.1) is 0 Å². The number of hydrogen-bond donors (Lipinski definition) is 2. The number of amides is 1. The second kappa shape index (κ2) is 5.67. The monoisotopic (exact) mass is 237 g/mol. The van der Waals surface area contributed by atoms with Gasteiger partial charge >= 0.3 is 0 Å². The smallest absolute Gasteiger partial charge is 0.242 e. The third-order valence-electron chi connectivity index (χ3n) is 2.92. The largest absolute Gasteiger partial charge is 0.347 e. The molecule has 6 nitrogen and oxygen atoms in total. The Bertz CT molecular complexity index is 370. The molecular formula is C11H19N5O. The van der Waals surface area contributed by atoms with E-state index in [4.69, 9.17) is 0 Å². The lowest BCUT2D eigenvalue weighted by molar-refractivity contribution is -0.129. The van der Waals surface area contributed by atoms with Crippen LogP contribution in [0.4, 0.5) is 5.95 Å². The van der Waals surface area contributed by atoms with Gasteiger partial charge in [0.15, 0.2) is 0 Å². The van der Waals surface area contributed by atoms with E-state index in [2.05, 4.69) is 15.6 Å². The van der Waals surface area contributed by atoms with Crippen molar-refractivity contribution in [1.29, 1.82) is 0 Å². The zero-order valence-electron chi connectivity index (χ0n) is 10.1. The fourth-order valence-electron chi connectivity index (χ4n) is 1.91. The molecule has 2 N–H and O–H groups in total. The number of nitrogens with zero attached hydrogens (tertiary/aromatic N) is 3. The van der Waals surface area contributed by atoms with E-state index in [9.17, 15) is 4.79 Å². The third-order valence-corrected chi connectivity index (χ3v) is 2.92. The molecular weight excluding hydrogens is 218 g/mol. The Hall–Kier alpha value is -1.56. The van der Waals surface area contributed by atoms with Crippen LogP contribution in [-0.2, 0) is 11.3 Å². The van der Waals surface area contributed by atoms with Crippen LogP contribution in [0.3, 0.4) is 0 Å². The van der Waals surface area contributed by atoms with E-state index >= 15 is 0 Å². The average molecular weight is 237 g/mol. The highest BCUT2D eigenvalue weighted by molar-refractivity contribution is 5.80. The highest BCUT2D eigenvalue weighted by atomic mass is 16.2. The quantitative estimate of drug-likeness (QED) is 0.758. The van der Waals surface area contributed by atoms with Gasteiger partial charge in [0.25, 0.3) is 0 Å². The molecule has 2 heterocycles. The van der Waals surface area contributed by atoms with E-state index in [1.807, 2.05) is 22.6 Å². The number of anilines is 1. The standard InChI is InChI=1S/C11H19N5O/c1-2-15-8-5-13-11(15)14-9-10(17)16-6-3-12-4-7-16/h5,8,12H,2-4,6-7,9H2,1H3,(H,13,14). The van der Waals surface area contributed by atoms with Gasteiger partial charge in [-0.15, -0.1) is 0 Å². The topological polar surface area (TPSA) is 62.2 Å². The van der Waals surface area contributed by atoms with Gasteiger partial charge < -0.3 is 20.1 Å². The minimum atomic E-state index is 0.136. The van der Waals surface area contributed by atoms with Crippen LogP contribution < -0.4 is 10.6 Å². The molecule has 0 radical (unpaired) electrons. The Morgan fingerprint density at radius 2 is 2.29 bits per heavy atom. The summed E-state index contributed by atoms with van der Waals surface area (Å²) in [6, 6.07) is 0. The number of nitrogens with one attached hydrogen (secondary N) is 2. The summed E-state index contributed by atoms with van der Waals surface area (Å²) in [6.07, 6.45) is 3.64. The van der Waals surface area contributed by atoms with Gasteiger partial charge in [-0.1, -0.05) is 0 Å². The predicted octanol–water partition coefficient (Wildman–Crippen LogP) is -0.253. The Morgan fingerprint density at radius 1 is 1.53 bits per heavy atom. The molecule has 0 spiro atoms. The number of aromatic nitrogens is 2. The Kier molecular flexibility index (Phi) is 3.98. The van der Waals surface area contributed by atoms with Gasteiger partial charge in [-0.3, -0.25) is 4.79 Å². The average Bonchev–Trinajstić information content (AvgIpc) is 2.84. The summed E-state index contributed by atoms with van der Waals surface area (Å²) in [5.74, 6) is 0.896. The normalized spacial score (nSPS) is 15.9. The maximum Gasteiger partial charge on any atom is 0.242 e. The summed E-state index contributed by atoms with van der Waals surface area (Å²) in [4.78, 5) is 17.9. The second-order valence-corrected chi connectivity index (χ2v) is 4.02. The summed E-state index contributed by atoms with van der Waals surface area (Å²) in [6.45, 7) is 6.57. The van der Waals surface area contributed by atoms with Crippen molar-refractivity contribution in [2.75, 3.05) is 38.0 Å². The lowest BCUT2D eigenvalue weighted by Gasteiger charge is -2.27. The van der Waals surface area contributed by atoms with Crippen molar-refractivity contribution in [3.63, 3.8) is 0 Å². The van der Waals surface area contributed by atoms with Crippen LogP contribution in [0.5, 0.6) is 0 Å². The second-order valence-electron chi connectivity index (χ2n) is 4.02. The molecule has 1 aromatic heterocycles. The first-order valence-corrected chi connectivity index (χ1v) is 6.04. The van der Waals surface area contributed by atoms with Crippen LogP contribution in [0.25, 0.3) is 0 Å². The van der Waals surface area contributed by atoms with Gasteiger partial charge in [0.2, 0.25) is 11.9 Å². The molecule has 0 saturated carbocycles. The van der Waals surface area contributed by atoms with Crippen LogP contribution in [0.1, 0.15) is 6.92 Å². The van der Waals surface area contributed by atoms with Crippen molar-refractivity contribution in [3.8, 4) is 0 Å². The molecule has 1 fully saturated rings. The van der Waals surface area contributed by atoms with Gasteiger partial charge in [-0.05, 0) is 6.92 Å². The lowest BCUT2D eigenvalue weighted by Crippen LogP contribution is -2.48.